The molecule has 0 unspecified atom stereocenters. The van der Waals surface area contributed by atoms with E-state index in [0.717, 1.165) is 36.6 Å². The van der Waals surface area contributed by atoms with Crippen molar-refractivity contribution in [2.45, 2.75) is 77.8 Å². The SMILES string of the molecule is COc1cccc2[nH]c(C(=O)N3C[C@@H]4CCC[C@@H]4[C@H]3C(=O)N[C@@H](C[C@@H]3CCCC3=O)C(=O)COC(=O)C(C)(C)C)cc12. The molecule has 1 saturated heterocycles. The maximum absolute atomic E-state index is 14.0. The number of carbonyl (C=O) groups excluding carboxylic acids is 5. The maximum atomic E-state index is 14.0. The molecule has 226 valence electrons. The van der Waals surface area contributed by atoms with Gasteiger partial charge in [-0.3, -0.25) is 24.0 Å². The molecule has 2 aromatic rings. The van der Waals surface area contributed by atoms with E-state index in [2.05, 4.69) is 10.3 Å². The number of H-pyrrole nitrogens is 1. The Kier molecular flexibility index (Phi) is 8.44. The van der Waals surface area contributed by atoms with Crippen LogP contribution < -0.4 is 10.1 Å². The van der Waals surface area contributed by atoms with Gasteiger partial charge < -0.3 is 24.7 Å². The minimum atomic E-state index is -0.993. The lowest BCUT2D eigenvalue weighted by molar-refractivity contribution is -0.156. The van der Waals surface area contributed by atoms with Crippen LogP contribution >= 0.6 is 0 Å². The van der Waals surface area contributed by atoms with Crippen molar-refractivity contribution in [3.63, 3.8) is 0 Å². The molecule has 1 aromatic heterocycles. The van der Waals surface area contributed by atoms with Crippen LogP contribution in [-0.2, 0) is 23.9 Å². The Morgan fingerprint density at radius 2 is 1.90 bits per heavy atom. The molecule has 42 heavy (non-hydrogen) atoms. The molecule has 5 atom stereocenters. The van der Waals surface area contributed by atoms with Crippen molar-refractivity contribution in [2.75, 3.05) is 20.3 Å². The second-order valence-corrected chi connectivity index (χ2v) is 13.0. The predicted molar refractivity (Wildman–Crippen MR) is 155 cm³/mol. The molecule has 1 aliphatic heterocycles. The summed E-state index contributed by atoms with van der Waals surface area (Å²) in [6, 6.07) is 5.54. The van der Waals surface area contributed by atoms with Crippen molar-refractivity contribution in [1.29, 1.82) is 0 Å². The van der Waals surface area contributed by atoms with Gasteiger partial charge in [0, 0.05) is 29.8 Å². The first-order valence-corrected chi connectivity index (χ1v) is 15.0. The van der Waals surface area contributed by atoms with E-state index in [0.29, 0.717) is 30.8 Å². The number of aromatic amines is 1. The number of hydrogen-bond donors (Lipinski definition) is 2. The molecular weight excluding hydrogens is 538 g/mol. The number of nitrogens with zero attached hydrogens (tertiary/aromatic N) is 1. The topological polar surface area (TPSA) is 135 Å². The van der Waals surface area contributed by atoms with E-state index in [1.807, 2.05) is 18.2 Å². The van der Waals surface area contributed by atoms with Crippen LogP contribution in [0.15, 0.2) is 24.3 Å². The van der Waals surface area contributed by atoms with Gasteiger partial charge in [0.1, 0.15) is 23.3 Å². The molecule has 3 fully saturated rings. The number of methoxy groups -OCH3 is 1. The molecular formula is C32H41N3O7. The van der Waals surface area contributed by atoms with E-state index in [4.69, 9.17) is 9.47 Å². The lowest BCUT2D eigenvalue weighted by Gasteiger charge is -2.29. The Morgan fingerprint density at radius 3 is 2.60 bits per heavy atom. The second-order valence-electron chi connectivity index (χ2n) is 13.0. The summed E-state index contributed by atoms with van der Waals surface area (Å²) >= 11 is 0. The first kappa shape index (κ1) is 29.8. The van der Waals surface area contributed by atoms with Crippen LogP contribution in [0.3, 0.4) is 0 Å². The highest BCUT2D eigenvalue weighted by atomic mass is 16.5. The van der Waals surface area contributed by atoms with E-state index in [1.54, 1.807) is 38.8 Å². The van der Waals surface area contributed by atoms with Crippen LogP contribution in [0.1, 0.15) is 76.2 Å². The number of nitrogens with one attached hydrogen (secondary N) is 2. The van der Waals surface area contributed by atoms with Gasteiger partial charge in [-0.2, -0.15) is 0 Å². The number of ether oxygens (including phenoxy) is 2. The molecule has 10 heteroatoms. The van der Waals surface area contributed by atoms with Gasteiger partial charge in [-0.05, 0) is 82.9 Å². The Morgan fingerprint density at radius 1 is 1.12 bits per heavy atom. The number of benzene rings is 1. The molecule has 2 N–H and O–H groups in total. The quantitative estimate of drug-likeness (QED) is 0.431. The van der Waals surface area contributed by atoms with Crippen LogP contribution in [0.2, 0.25) is 0 Å². The summed E-state index contributed by atoms with van der Waals surface area (Å²) in [5.74, 6) is -1.09. The number of rotatable bonds is 9. The fraction of sp³-hybridized carbons (Fsp3) is 0.594. The third-order valence-electron chi connectivity index (χ3n) is 9.11. The van der Waals surface area contributed by atoms with Gasteiger partial charge >= 0.3 is 5.97 Å². The highest BCUT2D eigenvalue weighted by Crippen LogP contribution is 2.43. The van der Waals surface area contributed by atoms with Gasteiger partial charge in [-0.1, -0.05) is 12.5 Å². The molecule has 0 spiro atoms. The Labute approximate surface area is 245 Å². The van der Waals surface area contributed by atoms with Gasteiger partial charge in [-0.15, -0.1) is 0 Å². The number of likely N-dealkylation sites (tertiary alicyclic amines) is 1. The molecule has 0 radical (unpaired) electrons. The number of Topliss-reactive ketones (excluding diaryl/α,β-unsaturated/α-hetero) is 2. The number of esters is 1. The molecule has 2 aliphatic carbocycles. The largest absolute Gasteiger partial charge is 0.496 e. The summed E-state index contributed by atoms with van der Waals surface area (Å²) < 4.78 is 10.7. The highest BCUT2D eigenvalue weighted by molar-refractivity contribution is 6.02. The van der Waals surface area contributed by atoms with Gasteiger partial charge in [0.05, 0.1) is 18.6 Å². The van der Waals surface area contributed by atoms with Crippen LogP contribution in [0.4, 0.5) is 0 Å². The molecule has 3 aliphatic rings. The van der Waals surface area contributed by atoms with Crippen molar-refractivity contribution >= 4 is 40.3 Å². The Hall–Kier alpha value is -3.69. The average Bonchev–Trinajstić information content (AvgIpc) is 3.73. The number of hydrogen-bond acceptors (Lipinski definition) is 7. The fourth-order valence-electron chi connectivity index (χ4n) is 6.83. The van der Waals surface area contributed by atoms with Crippen molar-refractivity contribution in [2.24, 2.45) is 23.2 Å². The van der Waals surface area contributed by atoms with Crippen molar-refractivity contribution in [3.05, 3.63) is 30.0 Å². The molecule has 5 rings (SSSR count). The minimum absolute atomic E-state index is 0.0181. The molecule has 2 amide bonds. The first-order chi connectivity index (χ1) is 20.0. The summed E-state index contributed by atoms with van der Waals surface area (Å²) in [6.45, 7) is 5.06. The van der Waals surface area contributed by atoms with E-state index in [-0.39, 0.29) is 35.9 Å². The third-order valence-corrected chi connectivity index (χ3v) is 9.11. The molecule has 10 nitrogen and oxygen atoms in total. The van der Waals surface area contributed by atoms with Gasteiger partial charge in [0.15, 0.2) is 12.4 Å². The third kappa shape index (κ3) is 5.94. The Bertz CT molecular complexity index is 1390. The average molecular weight is 580 g/mol. The predicted octanol–water partition coefficient (Wildman–Crippen LogP) is 3.82. The molecule has 2 saturated carbocycles. The van der Waals surface area contributed by atoms with Crippen LogP contribution in [0, 0.1) is 23.2 Å². The lowest BCUT2D eigenvalue weighted by Crippen LogP contribution is -2.54. The number of amides is 2. The summed E-state index contributed by atoms with van der Waals surface area (Å²) in [5.41, 5.74) is 0.343. The van der Waals surface area contributed by atoms with Crippen molar-refractivity contribution in [3.8, 4) is 5.75 Å². The molecule has 2 heterocycles. The summed E-state index contributed by atoms with van der Waals surface area (Å²) in [4.78, 5) is 70.8. The van der Waals surface area contributed by atoms with E-state index < -0.39 is 41.8 Å². The first-order valence-electron chi connectivity index (χ1n) is 15.0. The summed E-state index contributed by atoms with van der Waals surface area (Å²) in [6.07, 6.45) is 4.75. The lowest BCUT2D eigenvalue weighted by atomic mass is 9.91. The zero-order chi connectivity index (χ0) is 30.2. The van der Waals surface area contributed by atoms with Gasteiger partial charge in [0.25, 0.3) is 5.91 Å². The standard InChI is InChI=1S/C32H41N3O7/c1-32(2,3)31(40)42-17-26(37)23(14-18-8-6-12-25(18)36)34-29(38)28-20-10-5-9-19(20)16-35(28)30(39)24-15-21-22(33-24)11-7-13-27(21)41-4/h7,11,13,15,18-20,23,28,33H,5-6,8-10,12,14,16-17H2,1-4H3,(H,34,38)/t18-,19-,20-,23-,28-/m0/s1. The number of carbonyl (C=O) groups is 5. The van der Waals surface area contributed by atoms with Crippen molar-refractivity contribution < 1.29 is 33.4 Å². The van der Waals surface area contributed by atoms with E-state index >= 15 is 0 Å². The zero-order valence-electron chi connectivity index (χ0n) is 24.9. The van der Waals surface area contributed by atoms with Crippen LogP contribution in [0.25, 0.3) is 10.9 Å². The summed E-state index contributed by atoms with van der Waals surface area (Å²) in [5, 5.41) is 3.68. The fourth-order valence-corrected chi connectivity index (χ4v) is 6.83. The number of aromatic nitrogens is 1. The zero-order valence-corrected chi connectivity index (χ0v) is 24.9. The number of ketones is 2. The van der Waals surface area contributed by atoms with Crippen LogP contribution in [-0.4, -0.2) is 71.6 Å². The molecule has 0 bridgehead atoms. The maximum Gasteiger partial charge on any atom is 0.311 e. The highest BCUT2D eigenvalue weighted by Gasteiger charge is 2.50. The van der Waals surface area contributed by atoms with Crippen molar-refractivity contribution in [1.82, 2.24) is 15.2 Å². The Balaban J connectivity index is 1.37. The smallest absolute Gasteiger partial charge is 0.311 e. The normalized spacial score (nSPS) is 24.5. The van der Waals surface area contributed by atoms with Crippen LogP contribution in [0.5, 0.6) is 5.75 Å². The van der Waals surface area contributed by atoms with Gasteiger partial charge in [-0.25, -0.2) is 0 Å². The molecule has 1 aromatic carbocycles. The number of fused-ring (bicyclic) bond motifs is 2. The minimum Gasteiger partial charge on any atom is -0.496 e. The monoisotopic (exact) mass is 579 g/mol. The second kappa shape index (κ2) is 11.9. The summed E-state index contributed by atoms with van der Waals surface area (Å²) in [7, 11) is 1.58. The van der Waals surface area contributed by atoms with E-state index in [9.17, 15) is 24.0 Å². The van der Waals surface area contributed by atoms with E-state index in [1.165, 1.54) is 0 Å². The van der Waals surface area contributed by atoms with Gasteiger partial charge in [0.2, 0.25) is 5.91 Å².